The molecule has 0 unspecified atom stereocenters. The van der Waals surface area contributed by atoms with Gasteiger partial charge in [0.05, 0.1) is 16.1 Å². The molecule has 0 bridgehead atoms. The highest BCUT2D eigenvalue weighted by Crippen LogP contribution is 2.14. The van der Waals surface area contributed by atoms with E-state index in [1.807, 2.05) is 0 Å². The topological polar surface area (TPSA) is 72.4 Å². The summed E-state index contributed by atoms with van der Waals surface area (Å²) in [6.07, 6.45) is 0.703. The fourth-order valence-corrected chi connectivity index (χ4v) is 0.904. The van der Waals surface area contributed by atoms with Crippen LogP contribution in [0.4, 0.5) is 0 Å². The van der Waals surface area contributed by atoms with Crippen LogP contribution in [0.5, 0.6) is 0 Å². The van der Waals surface area contributed by atoms with Gasteiger partial charge in [-0.2, -0.15) is 0 Å². The number of halogens is 1. The first-order chi connectivity index (χ1) is 3.72. The smallest absolute Gasteiger partial charge is 0.239 e. The van der Waals surface area contributed by atoms with Gasteiger partial charge in [0.15, 0.2) is 0 Å². The average Bonchev–Trinajstić information content (AvgIpc) is 1.98. The number of rotatable bonds is 0. The van der Waals surface area contributed by atoms with Crippen molar-refractivity contribution >= 4 is 28.0 Å². The number of nitrogens with zero attached hydrogens (tertiary/aromatic N) is 1. The van der Waals surface area contributed by atoms with Gasteiger partial charge in [0, 0.05) is 12.8 Å². The molecule has 3 N–H and O–H groups in total. The predicted molar refractivity (Wildman–Crippen MR) is 35.0 cm³/mol. The Morgan fingerprint density at radius 1 is 1.22 bits per heavy atom. The lowest BCUT2D eigenvalue weighted by molar-refractivity contribution is -0.131. The zero-order valence-electron chi connectivity index (χ0n) is 4.76. The van der Waals surface area contributed by atoms with Crippen molar-refractivity contribution in [3.05, 3.63) is 0 Å². The van der Waals surface area contributed by atoms with Crippen molar-refractivity contribution in [2.24, 2.45) is 0 Å². The lowest BCUT2D eigenvalue weighted by atomic mass is 10.4. The molecule has 0 radical (unpaired) electrons. The molecule has 0 spiro atoms. The second-order valence-corrected chi connectivity index (χ2v) is 2.28. The maximum atomic E-state index is 10.4. The highest BCUT2D eigenvalue weighted by atomic mass is 79.9. The number of amides is 2. The molecule has 52 valence electrons. The highest BCUT2D eigenvalue weighted by Gasteiger charge is 2.26. The molecule has 0 aromatic carbocycles. The molecule has 1 saturated heterocycles. The predicted octanol–water partition coefficient (Wildman–Crippen LogP) is 0.607. The molecule has 2 amide bonds. The van der Waals surface area contributed by atoms with Crippen molar-refractivity contribution in [1.29, 1.82) is 0 Å². The third-order valence-corrected chi connectivity index (χ3v) is 1.78. The summed E-state index contributed by atoms with van der Waals surface area (Å²) in [6.45, 7) is 0. The minimum absolute atomic E-state index is 0. The summed E-state index contributed by atoms with van der Waals surface area (Å²) in [7, 11) is 0. The molecule has 1 fully saturated rings. The maximum Gasteiger partial charge on any atom is 0.239 e. The van der Waals surface area contributed by atoms with E-state index in [2.05, 4.69) is 16.1 Å². The largest absolute Gasteiger partial charge is 0.344 e. The zero-order chi connectivity index (χ0) is 6.15. The molecule has 0 atom stereocenters. The second-order valence-electron chi connectivity index (χ2n) is 1.57. The molecule has 0 aromatic heterocycles. The van der Waals surface area contributed by atoms with E-state index in [0.29, 0.717) is 12.8 Å². The molecule has 0 aromatic rings. The van der Waals surface area contributed by atoms with Gasteiger partial charge in [-0.15, -0.1) is 0 Å². The van der Waals surface area contributed by atoms with E-state index in [1.54, 1.807) is 0 Å². The number of carbonyl (C=O) groups is 2. The fourth-order valence-electron chi connectivity index (χ4n) is 0.549. The Balaban J connectivity index is 0.000000640. The lowest BCUT2D eigenvalue weighted by Gasteiger charge is -1.97. The summed E-state index contributed by atoms with van der Waals surface area (Å²) >= 11 is 2.80. The molecule has 9 heavy (non-hydrogen) atoms. The summed E-state index contributed by atoms with van der Waals surface area (Å²) in [6, 6.07) is 0. The number of hydrogen-bond acceptors (Lipinski definition) is 3. The number of carbonyl (C=O) groups excluding carboxylic acids is 2. The molecule has 0 aliphatic carbocycles. The highest BCUT2D eigenvalue weighted by molar-refractivity contribution is 9.08. The minimum atomic E-state index is -0.144. The normalized spacial score (nSPS) is 18.1. The van der Waals surface area contributed by atoms with Crippen molar-refractivity contribution in [3.8, 4) is 0 Å². The van der Waals surface area contributed by atoms with Crippen LogP contribution in [-0.2, 0) is 9.59 Å². The van der Waals surface area contributed by atoms with Gasteiger partial charge >= 0.3 is 0 Å². The van der Waals surface area contributed by atoms with Gasteiger partial charge < -0.3 is 6.15 Å². The Bertz CT molecular complexity index is 132. The molecule has 4 nitrogen and oxygen atoms in total. The minimum Gasteiger partial charge on any atom is -0.344 e. The van der Waals surface area contributed by atoms with Gasteiger partial charge in [-0.3, -0.25) is 9.59 Å². The van der Waals surface area contributed by atoms with Crippen LogP contribution in [0.2, 0.25) is 0 Å². The van der Waals surface area contributed by atoms with Crippen molar-refractivity contribution in [2.75, 3.05) is 0 Å². The Labute approximate surface area is 61.1 Å². The third kappa shape index (κ3) is 1.49. The van der Waals surface area contributed by atoms with Gasteiger partial charge in [0.2, 0.25) is 11.8 Å². The van der Waals surface area contributed by atoms with Gasteiger partial charge in [-0.1, -0.05) is 0 Å². The summed E-state index contributed by atoms with van der Waals surface area (Å²) in [5.74, 6) is -0.287. The molecule has 1 heterocycles. The van der Waals surface area contributed by atoms with E-state index in [0.717, 1.165) is 3.93 Å². The van der Waals surface area contributed by atoms with E-state index in [4.69, 9.17) is 0 Å². The van der Waals surface area contributed by atoms with Crippen molar-refractivity contribution in [3.63, 3.8) is 0 Å². The molecule has 0 saturated carbocycles. The zero-order valence-corrected chi connectivity index (χ0v) is 6.35. The first-order valence-corrected chi connectivity index (χ1v) is 2.94. The monoisotopic (exact) mass is 194 g/mol. The number of imide groups is 1. The maximum absolute atomic E-state index is 10.4. The standard InChI is InChI=1S/C4H4BrNO2.H3N/c5-6-3(7)1-2-4(6)8;/h1-2H2;1H3. The molecular weight excluding hydrogens is 188 g/mol. The summed E-state index contributed by atoms with van der Waals surface area (Å²) in [5, 5.41) is 0. The quantitative estimate of drug-likeness (QED) is 0.454. The van der Waals surface area contributed by atoms with Crippen LogP contribution in [0, 0.1) is 0 Å². The van der Waals surface area contributed by atoms with Gasteiger partial charge in [0.25, 0.3) is 0 Å². The second kappa shape index (κ2) is 2.93. The van der Waals surface area contributed by atoms with Crippen molar-refractivity contribution in [2.45, 2.75) is 12.8 Å². The molecular formula is C4H7BrN2O2. The third-order valence-electron chi connectivity index (χ3n) is 0.991. The van der Waals surface area contributed by atoms with E-state index >= 15 is 0 Å². The average molecular weight is 195 g/mol. The van der Waals surface area contributed by atoms with Crippen LogP contribution in [-0.4, -0.2) is 15.7 Å². The Hall–Kier alpha value is -0.420. The Morgan fingerprint density at radius 3 is 1.67 bits per heavy atom. The summed E-state index contributed by atoms with van der Waals surface area (Å²) in [5.41, 5.74) is 0. The van der Waals surface area contributed by atoms with Gasteiger partial charge in [0.1, 0.15) is 0 Å². The Morgan fingerprint density at radius 2 is 1.56 bits per heavy atom. The van der Waals surface area contributed by atoms with E-state index < -0.39 is 0 Å². The van der Waals surface area contributed by atoms with Crippen molar-refractivity contribution in [1.82, 2.24) is 10.1 Å². The van der Waals surface area contributed by atoms with Gasteiger partial charge in [-0.25, -0.2) is 3.93 Å². The number of hydrogen-bond donors (Lipinski definition) is 1. The lowest BCUT2D eigenvalue weighted by Crippen LogP contribution is -2.16. The first kappa shape index (κ1) is 8.58. The van der Waals surface area contributed by atoms with Gasteiger partial charge in [-0.05, 0) is 0 Å². The Kier molecular flexibility index (Phi) is 2.80. The molecule has 1 aliphatic rings. The van der Waals surface area contributed by atoms with Crippen LogP contribution in [0.3, 0.4) is 0 Å². The van der Waals surface area contributed by atoms with E-state index in [9.17, 15) is 9.59 Å². The van der Waals surface area contributed by atoms with Crippen LogP contribution < -0.4 is 6.15 Å². The summed E-state index contributed by atoms with van der Waals surface area (Å²) in [4.78, 5) is 20.9. The summed E-state index contributed by atoms with van der Waals surface area (Å²) < 4.78 is 0.979. The molecule has 5 heteroatoms. The molecule has 1 rings (SSSR count). The van der Waals surface area contributed by atoms with Crippen LogP contribution in [0.1, 0.15) is 12.8 Å². The van der Waals surface area contributed by atoms with E-state index in [1.165, 1.54) is 0 Å². The van der Waals surface area contributed by atoms with E-state index in [-0.39, 0.29) is 18.0 Å². The molecule has 1 aliphatic heterocycles. The van der Waals surface area contributed by atoms with Crippen molar-refractivity contribution < 1.29 is 9.59 Å². The fraction of sp³-hybridized carbons (Fsp3) is 0.500. The van der Waals surface area contributed by atoms with Crippen LogP contribution in [0.15, 0.2) is 0 Å². The van der Waals surface area contributed by atoms with Crippen LogP contribution >= 0.6 is 16.1 Å². The van der Waals surface area contributed by atoms with Crippen LogP contribution in [0.25, 0.3) is 0 Å². The first-order valence-electron chi connectivity index (χ1n) is 2.23. The SMILES string of the molecule is N.O=C1CCC(=O)N1Br.